The Hall–Kier alpha value is -1.58. The summed E-state index contributed by atoms with van der Waals surface area (Å²) >= 11 is 0. The van der Waals surface area contributed by atoms with E-state index < -0.39 is 11.9 Å². The third kappa shape index (κ3) is 8.52. The molecule has 14 heavy (non-hydrogen) atoms. The average molecular weight is 198 g/mol. The zero-order valence-corrected chi connectivity index (χ0v) is 8.10. The topological polar surface area (TPSA) is 63.6 Å². The minimum Gasteiger partial charge on any atom is -0.478 e. The number of rotatable bonds is 6. The van der Waals surface area contributed by atoms with Crippen molar-refractivity contribution >= 4 is 11.9 Å². The van der Waals surface area contributed by atoms with Gasteiger partial charge in [-0.1, -0.05) is 19.1 Å². The Morgan fingerprint density at radius 2 is 2.00 bits per heavy atom. The molecular weight excluding hydrogens is 184 g/mol. The number of carbonyl (C=O) groups excluding carboxylic acids is 1. The van der Waals surface area contributed by atoms with E-state index in [1.807, 2.05) is 19.1 Å². The first-order valence-corrected chi connectivity index (χ1v) is 4.39. The second-order valence-corrected chi connectivity index (χ2v) is 2.51. The molecule has 0 aromatic carbocycles. The highest BCUT2D eigenvalue weighted by Crippen LogP contribution is 1.89. The van der Waals surface area contributed by atoms with Gasteiger partial charge in [0.1, 0.15) is 0 Å². The van der Waals surface area contributed by atoms with Crippen LogP contribution in [0.2, 0.25) is 0 Å². The van der Waals surface area contributed by atoms with Gasteiger partial charge in [-0.2, -0.15) is 0 Å². The van der Waals surface area contributed by atoms with Gasteiger partial charge < -0.3 is 9.84 Å². The summed E-state index contributed by atoms with van der Waals surface area (Å²) in [4.78, 5) is 20.8. The summed E-state index contributed by atoms with van der Waals surface area (Å²) in [5.74, 6) is -1.79. The van der Waals surface area contributed by atoms with Crippen molar-refractivity contribution < 1.29 is 19.4 Å². The molecule has 0 rings (SSSR count). The highest BCUT2D eigenvalue weighted by molar-refractivity contribution is 5.90. The van der Waals surface area contributed by atoms with E-state index in [2.05, 4.69) is 0 Å². The maximum absolute atomic E-state index is 10.8. The molecule has 0 atom stereocenters. The molecule has 0 aromatic rings. The van der Waals surface area contributed by atoms with Gasteiger partial charge in [-0.15, -0.1) is 0 Å². The maximum atomic E-state index is 10.8. The molecule has 0 aliphatic heterocycles. The predicted molar refractivity (Wildman–Crippen MR) is 51.8 cm³/mol. The van der Waals surface area contributed by atoms with Gasteiger partial charge in [0, 0.05) is 12.2 Å². The molecule has 4 heteroatoms. The Morgan fingerprint density at radius 1 is 1.29 bits per heavy atom. The highest BCUT2D eigenvalue weighted by Gasteiger charge is 1.96. The zero-order chi connectivity index (χ0) is 10.8. The summed E-state index contributed by atoms with van der Waals surface area (Å²) < 4.78 is 4.70. The fraction of sp³-hybridized carbons (Fsp3) is 0.400. The van der Waals surface area contributed by atoms with Crippen LogP contribution in [0, 0.1) is 0 Å². The van der Waals surface area contributed by atoms with Gasteiger partial charge in [0.15, 0.2) is 0 Å². The van der Waals surface area contributed by atoms with E-state index in [0.29, 0.717) is 6.42 Å². The van der Waals surface area contributed by atoms with Crippen LogP contribution >= 0.6 is 0 Å². The Bertz CT molecular complexity index is 241. The number of carboxylic acids is 1. The fourth-order valence-corrected chi connectivity index (χ4v) is 0.700. The van der Waals surface area contributed by atoms with Crippen LogP contribution in [0.1, 0.15) is 19.8 Å². The monoisotopic (exact) mass is 198 g/mol. The van der Waals surface area contributed by atoms with Crippen LogP contribution in [0.3, 0.4) is 0 Å². The number of hydrogen-bond donors (Lipinski definition) is 1. The zero-order valence-electron chi connectivity index (χ0n) is 8.10. The third-order valence-corrected chi connectivity index (χ3v) is 1.29. The number of esters is 1. The minimum absolute atomic E-state index is 0.277. The summed E-state index contributed by atoms with van der Waals surface area (Å²) in [5, 5.41) is 8.20. The predicted octanol–water partition coefficient (Wildman–Crippen LogP) is 1.53. The van der Waals surface area contributed by atoms with Crippen molar-refractivity contribution in [3.05, 3.63) is 24.3 Å². The molecule has 0 amide bonds. The quantitative estimate of drug-likeness (QED) is 0.304. The van der Waals surface area contributed by atoms with E-state index in [4.69, 9.17) is 9.84 Å². The van der Waals surface area contributed by atoms with Crippen LogP contribution < -0.4 is 0 Å². The molecular formula is C10H14O4. The largest absolute Gasteiger partial charge is 0.478 e. The van der Waals surface area contributed by atoms with Crippen LogP contribution in [0.25, 0.3) is 0 Å². The fourth-order valence-electron chi connectivity index (χ4n) is 0.700. The number of carbonyl (C=O) groups is 2. The van der Waals surface area contributed by atoms with E-state index in [1.54, 1.807) is 0 Å². The van der Waals surface area contributed by atoms with Gasteiger partial charge in [0.25, 0.3) is 0 Å². The molecule has 4 nitrogen and oxygen atoms in total. The molecule has 1 N–H and O–H groups in total. The number of carboxylic acid groups (broad SMARTS) is 1. The van der Waals surface area contributed by atoms with Gasteiger partial charge in [-0.05, 0) is 12.8 Å². The van der Waals surface area contributed by atoms with Crippen LogP contribution in [0.5, 0.6) is 0 Å². The highest BCUT2D eigenvalue weighted by atomic mass is 16.5. The lowest BCUT2D eigenvalue weighted by Crippen LogP contribution is -2.02. The molecule has 0 aromatic heterocycles. The van der Waals surface area contributed by atoms with E-state index in [9.17, 15) is 9.59 Å². The Morgan fingerprint density at radius 3 is 2.57 bits per heavy atom. The summed E-state index contributed by atoms with van der Waals surface area (Å²) in [5.41, 5.74) is 0. The molecule has 78 valence electrons. The van der Waals surface area contributed by atoms with Crippen LogP contribution in [0.15, 0.2) is 24.3 Å². The third-order valence-electron chi connectivity index (χ3n) is 1.29. The van der Waals surface area contributed by atoms with Crippen LogP contribution in [-0.4, -0.2) is 23.7 Å². The average Bonchev–Trinajstić information content (AvgIpc) is 2.14. The van der Waals surface area contributed by atoms with E-state index in [1.165, 1.54) is 0 Å². The first kappa shape index (κ1) is 12.4. The van der Waals surface area contributed by atoms with E-state index >= 15 is 0 Å². The molecule has 0 saturated heterocycles. The summed E-state index contributed by atoms with van der Waals surface area (Å²) in [7, 11) is 0. The van der Waals surface area contributed by atoms with Gasteiger partial charge >= 0.3 is 11.9 Å². The first-order valence-electron chi connectivity index (χ1n) is 4.39. The standard InChI is InChI=1S/C10H14O4/c1-2-3-4-5-8-14-10(13)7-6-9(11)12/h3-4,6-7H,2,5,8H2,1H3,(H,11,12)/b4-3?,7-6-. The molecule has 0 fully saturated rings. The van der Waals surface area contributed by atoms with Crippen LogP contribution in [-0.2, 0) is 14.3 Å². The molecule has 0 radical (unpaired) electrons. The van der Waals surface area contributed by atoms with E-state index in [0.717, 1.165) is 18.6 Å². The Labute approximate surface area is 82.9 Å². The van der Waals surface area contributed by atoms with Gasteiger partial charge in [0.05, 0.1) is 6.61 Å². The lowest BCUT2D eigenvalue weighted by Gasteiger charge is -1.97. The molecule has 0 unspecified atom stereocenters. The lowest BCUT2D eigenvalue weighted by molar-refractivity contribution is -0.138. The Kier molecular flexibility index (Phi) is 7.13. The normalized spacial score (nSPS) is 10.9. The van der Waals surface area contributed by atoms with Crippen molar-refractivity contribution in [1.29, 1.82) is 0 Å². The van der Waals surface area contributed by atoms with Crippen LogP contribution in [0.4, 0.5) is 0 Å². The summed E-state index contributed by atoms with van der Waals surface area (Å²) in [6.07, 6.45) is 7.14. The molecule has 0 bridgehead atoms. The Balaban J connectivity index is 3.54. The molecule has 0 aliphatic carbocycles. The smallest absolute Gasteiger partial charge is 0.331 e. The maximum Gasteiger partial charge on any atom is 0.331 e. The minimum atomic E-state index is -1.16. The van der Waals surface area contributed by atoms with Gasteiger partial charge in [-0.25, -0.2) is 9.59 Å². The summed E-state index contributed by atoms with van der Waals surface area (Å²) in [6.45, 7) is 2.29. The number of hydrogen-bond acceptors (Lipinski definition) is 3. The van der Waals surface area contributed by atoms with Gasteiger partial charge in [-0.3, -0.25) is 0 Å². The van der Waals surface area contributed by atoms with Crippen molar-refractivity contribution in [2.75, 3.05) is 6.61 Å². The van der Waals surface area contributed by atoms with Gasteiger partial charge in [0.2, 0.25) is 0 Å². The van der Waals surface area contributed by atoms with E-state index in [-0.39, 0.29) is 6.61 Å². The first-order chi connectivity index (χ1) is 6.66. The van der Waals surface area contributed by atoms with Crippen molar-refractivity contribution in [2.24, 2.45) is 0 Å². The number of allylic oxidation sites excluding steroid dienone is 1. The summed E-state index contributed by atoms with van der Waals surface area (Å²) in [6, 6.07) is 0. The number of aliphatic carboxylic acids is 1. The second-order valence-electron chi connectivity index (χ2n) is 2.51. The van der Waals surface area contributed by atoms with Crippen molar-refractivity contribution in [3.63, 3.8) is 0 Å². The molecule has 0 aliphatic rings. The SMILES string of the molecule is CCC=CCCOC(=O)/C=C\C(=O)O. The molecule has 0 spiro atoms. The van der Waals surface area contributed by atoms with Crippen molar-refractivity contribution in [2.45, 2.75) is 19.8 Å². The number of ether oxygens (including phenoxy) is 1. The molecule has 0 saturated carbocycles. The molecule has 0 heterocycles. The second kappa shape index (κ2) is 8.04. The van der Waals surface area contributed by atoms with Crippen molar-refractivity contribution in [3.8, 4) is 0 Å². The lowest BCUT2D eigenvalue weighted by atomic mass is 10.3. The van der Waals surface area contributed by atoms with Crippen molar-refractivity contribution in [1.82, 2.24) is 0 Å².